The number of fused-ring (bicyclic) bond motifs is 1. The Labute approximate surface area is 266 Å². The summed E-state index contributed by atoms with van der Waals surface area (Å²) in [5.74, 6) is -0.246. The maximum atomic E-state index is 13.5. The molecule has 14 heteroatoms. The Morgan fingerprint density at radius 1 is 1.09 bits per heavy atom. The molecule has 11 nitrogen and oxygen atoms in total. The molecule has 0 unspecified atom stereocenters. The van der Waals surface area contributed by atoms with Crippen LogP contribution in [-0.4, -0.2) is 109 Å². The van der Waals surface area contributed by atoms with Crippen molar-refractivity contribution in [2.24, 2.45) is 5.92 Å². The summed E-state index contributed by atoms with van der Waals surface area (Å²) in [6.45, 7) is 7.16. The summed E-state index contributed by atoms with van der Waals surface area (Å²) < 4.78 is 50.6. The number of nitrogens with one attached hydrogen (secondary N) is 2. The standard InChI is InChI=1S/C32H42F3N5O6/c1-21-18-40(22(2)20-41)30(43)17-23-16-26(36-29(42)10-11-39-12-14-45-15-13-39)8-9-27(23)46-28(21)19-38(3)31(44)37-25-6-4-24(5-7-25)32(33,34)35/h4-9,16,21-22,28,41H,10-15,17-20H2,1-3H3,(H,36,42)(H,37,44)/t21-,22+,28+/m0/s1. The number of carbonyl (C=O) groups is 3. The number of benzene rings is 2. The third-order valence-corrected chi connectivity index (χ3v) is 8.22. The number of likely N-dealkylation sites (N-methyl/N-ethyl adjacent to an activating group) is 1. The van der Waals surface area contributed by atoms with Crippen molar-refractivity contribution < 1.29 is 42.1 Å². The molecule has 0 bridgehead atoms. The molecule has 2 aliphatic rings. The van der Waals surface area contributed by atoms with E-state index in [0.29, 0.717) is 43.2 Å². The van der Waals surface area contributed by atoms with Gasteiger partial charge in [-0.2, -0.15) is 13.2 Å². The molecule has 4 amide bonds. The van der Waals surface area contributed by atoms with E-state index in [0.717, 1.165) is 25.2 Å². The average Bonchev–Trinajstić information content (AvgIpc) is 3.07. The number of rotatable bonds is 9. The highest BCUT2D eigenvalue weighted by atomic mass is 19.4. The van der Waals surface area contributed by atoms with Gasteiger partial charge < -0.3 is 35.0 Å². The summed E-state index contributed by atoms with van der Waals surface area (Å²) >= 11 is 0. The number of anilines is 2. The van der Waals surface area contributed by atoms with Gasteiger partial charge in [-0.15, -0.1) is 0 Å². The van der Waals surface area contributed by atoms with Crippen LogP contribution >= 0.6 is 0 Å². The van der Waals surface area contributed by atoms with Crippen molar-refractivity contribution in [3.05, 3.63) is 53.6 Å². The Morgan fingerprint density at radius 2 is 1.76 bits per heavy atom. The summed E-state index contributed by atoms with van der Waals surface area (Å²) in [5.41, 5.74) is 0.437. The first-order chi connectivity index (χ1) is 21.8. The van der Waals surface area contributed by atoms with Crippen LogP contribution in [0.15, 0.2) is 42.5 Å². The zero-order chi connectivity index (χ0) is 33.4. The number of aliphatic hydroxyl groups is 1. The molecule has 46 heavy (non-hydrogen) atoms. The lowest BCUT2D eigenvalue weighted by atomic mass is 10.0. The molecule has 0 aromatic heterocycles. The van der Waals surface area contributed by atoms with Gasteiger partial charge in [-0.3, -0.25) is 14.5 Å². The molecule has 0 spiro atoms. The van der Waals surface area contributed by atoms with Crippen molar-refractivity contribution in [2.75, 3.05) is 70.2 Å². The normalized spacial score (nSPS) is 20.0. The number of amides is 4. The molecule has 2 heterocycles. The molecule has 3 atom stereocenters. The number of ether oxygens (including phenoxy) is 2. The third-order valence-electron chi connectivity index (χ3n) is 8.22. The summed E-state index contributed by atoms with van der Waals surface area (Å²) in [4.78, 5) is 44.3. The molecule has 2 aromatic carbocycles. The Hall–Kier alpha value is -3.88. The highest BCUT2D eigenvalue weighted by Gasteiger charge is 2.33. The SMILES string of the molecule is C[C@H](CO)N1C[C@H](C)[C@@H](CN(C)C(=O)Nc2ccc(C(F)(F)F)cc2)Oc2ccc(NC(=O)CCN3CCOCC3)cc2CC1=O. The first-order valence-corrected chi connectivity index (χ1v) is 15.3. The molecule has 0 radical (unpaired) electrons. The number of aliphatic hydroxyl groups excluding tert-OH is 1. The van der Waals surface area contributed by atoms with Gasteiger partial charge in [-0.25, -0.2) is 4.79 Å². The van der Waals surface area contributed by atoms with Crippen LogP contribution in [-0.2, 0) is 26.9 Å². The van der Waals surface area contributed by atoms with Crippen molar-refractivity contribution in [3.8, 4) is 5.75 Å². The molecular formula is C32H42F3N5O6. The Morgan fingerprint density at radius 3 is 2.41 bits per heavy atom. The van der Waals surface area contributed by atoms with E-state index in [1.54, 1.807) is 30.0 Å². The Kier molecular flexibility index (Phi) is 11.9. The van der Waals surface area contributed by atoms with E-state index >= 15 is 0 Å². The number of carbonyl (C=O) groups excluding carboxylic acids is 3. The van der Waals surface area contributed by atoms with Gasteiger partial charge in [0, 0.05) is 62.5 Å². The molecule has 2 aromatic rings. The quantitative estimate of drug-likeness (QED) is 0.379. The van der Waals surface area contributed by atoms with Crippen LogP contribution in [0.4, 0.5) is 29.3 Å². The minimum Gasteiger partial charge on any atom is -0.488 e. The van der Waals surface area contributed by atoms with Crippen molar-refractivity contribution >= 4 is 29.2 Å². The number of urea groups is 1. The Balaban J connectivity index is 1.49. The van der Waals surface area contributed by atoms with Crippen molar-refractivity contribution in [1.29, 1.82) is 0 Å². The fourth-order valence-electron chi connectivity index (χ4n) is 5.35. The number of morpholine rings is 1. The number of halogens is 3. The van der Waals surface area contributed by atoms with Gasteiger partial charge >= 0.3 is 12.2 Å². The number of alkyl halides is 3. The monoisotopic (exact) mass is 649 g/mol. The van der Waals surface area contributed by atoms with Gasteiger partial charge in [0.1, 0.15) is 11.9 Å². The second kappa shape index (κ2) is 15.6. The molecular weight excluding hydrogens is 607 g/mol. The first-order valence-electron chi connectivity index (χ1n) is 15.3. The zero-order valence-electron chi connectivity index (χ0n) is 26.3. The highest BCUT2D eigenvalue weighted by Crippen LogP contribution is 2.31. The van der Waals surface area contributed by atoms with Gasteiger partial charge in [0.15, 0.2) is 0 Å². The van der Waals surface area contributed by atoms with Gasteiger partial charge in [-0.1, -0.05) is 6.92 Å². The summed E-state index contributed by atoms with van der Waals surface area (Å²) in [6, 6.07) is 8.22. The summed E-state index contributed by atoms with van der Waals surface area (Å²) in [6.07, 6.45) is -4.82. The van der Waals surface area contributed by atoms with Gasteiger partial charge in [0.2, 0.25) is 11.8 Å². The van der Waals surface area contributed by atoms with Crippen molar-refractivity contribution in [1.82, 2.24) is 14.7 Å². The lowest BCUT2D eigenvalue weighted by Crippen LogP contribution is -2.48. The van der Waals surface area contributed by atoms with E-state index in [4.69, 9.17) is 9.47 Å². The van der Waals surface area contributed by atoms with Crippen LogP contribution in [0.5, 0.6) is 5.75 Å². The minimum absolute atomic E-state index is 0.0269. The smallest absolute Gasteiger partial charge is 0.416 e. The second-order valence-corrected chi connectivity index (χ2v) is 11.8. The van der Waals surface area contributed by atoms with Gasteiger partial charge in [0.25, 0.3) is 0 Å². The zero-order valence-corrected chi connectivity index (χ0v) is 26.3. The lowest BCUT2D eigenvalue weighted by Gasteiger charge is -2.34. The van der Waals surface area contributed by atoms with Crippen molar-refractivity contribution in [3.63, 3.8) is 0 Å². The maximum Gasteiger partial charge on any atom is 0.416 e. The predicted octanol–water partition coefficient (Wildman–Crippen LogP) is 3.68. The largest absolute Gasteiger partial charge is 0.488 e. The number of hydrogen-bond acceptors (Lipinski definition) is 7. The van der Waals surface area contributed by atoms with Crippen molar-refractivity contribution in [2.45, 2.75) is 45.0 Å². The van der Waals surface area contributed by atoms with Crippen LogP contribution in [0.1, 0.15) is 31.4 Å². The minimum atomic E-state index is -4.49. The molecule has 0 saturated carbocycles. The van der Waals surface area contributed by atoms with E-state index in [-0.39, 0.29) is 49.5 Å². The molecule has 0 aliphatic carbocycles. The molecule has 3 N–H and O–H groups in total. The van der Waals surface area contributed by atoms with Crippen LogP contribution in [0.3, 0.4) is 0 Å². The van der Waals surface area contributed by atoms with Crippen LogP contribution in [0.2, 0.25) is 0 Å². The number of hydrogen-bond donors (Lipinski definition) is 3. The van der Waals surface area contributed by atoms with Crippen LogP contribution in [0.25, 0.3) is 0 Å². The molecule has 2 aliphatic heterocycles. The fraction of sp³-hybridized carbons (Fsp3) is 0.531. The van der Waals surface area contributed by atoms with E-state index in [1.807, 2.05) is 6.92 Å². The van der Waals surface area contributed by atoms with E-state index in [9.17, 15) is 32.7 Å². The predicted molar refractivity (Wildman–Crippen MR) is 166 cm³/mol. The highest BCUT2D eigenvalue weighted by molar-refractivity contribution is 5.91. The number of nitrogens with zero attached hydrogens (tertiary/aromatic N) is 3. The second-order valence-electron chi connectivity index (χ2n) is 11.8. The van der Waals surface area contributed by atoms with Crippen LogP contribution in [0, 0.1) is 5.92 Å². The fourth-order valence-corrected chi connectivity index (χ4v) is 5.35. The molecule has 1 saturated heterocycles. The summed E-state index contributed by atoms with van der Waals surface area (Å²) in [5, 5.41) is 15.4. The molecule has 4 rings (SSSR count). The summed E-state index contributed by atoms with van der Waals surface area (Å²) in [7, 11) is 1.54. The average molecular weight is 650 g/mol. The van der Waals surface area contributed by atoms with Gasteiger partial charge in [-0.05, 0) is 49.4 Å². The first kappa shape index (κ1) is 35.0. The van der Waals surface area contributed by atoms with Gasteiger partial charge in [0.05, 0.1) is 44.4 Å². The molecule has 1 fully saturated rings. The van der Waals surface area contributed by atoms with E-state index in [1.165, 1.54) is 24.1 Å². The lowest BCUT2D eigenvalue weighted by molar-refractivity contribution is -0.137. The van der Waals surface area contributed by atoms with E-state index in [2.05, 4.69) is 15.5 Å². The molecule has 252 valence electrons. The topological polar surface area (TPSA) is 124 Å². The van der Waals surface area contributed by atoms with Crippen LogP contribution < -0.4 is 15.4 Å². The Bertz CT molecular complexity index is 1350. The maximum absolute atomic E-state index is 13.5. The third kappa shape index (κ3) is 9.56. The van der Waals surface area contributed by atoms with E-state index < -0.39 is 29.9 Å².